The predicted octanol–water partition coefficient (Wildman–Crippen LogP) is 1.48. The van der Waals surface area contributed by atoms with Crippen LogP contribution in [0, 0.1) is 0 Å². The van der Waals surface area contributed by atoms with Crippen molar-refractivity contribution in [3.05, 3.63) is 28.8 Å². The van der Waals surface area contributed by atoms with Crippen molar-refractivity contribution in [1.82, 2.24) is 4.72 Å². The Hall–Kier alpha value is -1.15. The summed E-state index contributed by atoms with van der Waals surface area (Å²) in [5, 5.41) is 18.0. The van der Waals surface area contributed by atoms with E-state index in [1.54, 1.807) is 6.92 Å². The standard InChI is InChI=1S/C12H16ClNO5S/c1-2-8(15)5-6-14-20(18,19)9-3-4-10(12(16)17)11(13)7-9/h3-4,7-8,14-15H,2,5-6H2,1H3,(H,16,17). The average molecular weight is 322 g/mol. The summed E-state index contributed by atoms with van der Waals surface area (Å²) >= 11 is 5.72. The van der Waals surface area contributed by atoms with Crippen LogP contribution in [0.1, 0.15) is 30.1 Å². The number of carboxylic acids is 1. The van der Waals surface area contributed by atoms with Crippen molar-refractivity contribution in [1.29, 1.82) is 0 Å². The number of carbonyl (C=O) groups is 1. The molecule has 1 atom stereocenters. The molecular weight excluding hydrogens is 306 g/mol. The van der Waals surface area contributed by atoms with Crippen LogP contribution in [0.25, 0.3) is 0 Å². The van der Waals surface area contributed by atoms with Gasteiger partial charge in [-0.1, -0.05) is 18.5 Å². The van der Waals surface area contributed by atoms with Gasteiger partial charge in [-0.05, 0) is 31.0 Å². The molecule has 0 saturated heterocycles. The fourth-order valence-electron chi connectivity index (χ4n) is 1.48. The molecule has 0 aliphatic rings. The molecule has 0 spiro atoms. The Kier molecular flexibility index (Phi) is 5.94. The van der Waals surface area contributed by atoms with Crippen LogP contribution in [0.5, 0.6) is 0 Å². The number of halogens is 1. The van der Waals surface area contributed by atoms with E-state index in [4.69, 9.17) is 16.7 Å². The average Bonchev–Trinajstić information content (AvgIpc) is 2.37. The number of aliphatic hydroxyl groups is 1. The number of nitrogens with one attached hydrogen (secondary N) is 1. The minimum atomic E-state index is -3.77. The normalized spacial score (nSPS) is 13.2. The van der Waals surface area contributed by atoms with E-state index in [0.29, 0.717) is 12.8 Å². The largest absolute Gasteiger partial charge is 0.478 e. The van der Waals surface area contributed by atoms with Gasteiger partial charge in [0.05, 0.1) is 21.6 Å². The lowest BCUT2D eigenvalue weighted by molar-refractivity contribution is 0.0697. The molecule has 112 valence electrons. The molecule has 1 rings (SSSR count). The van der Waals surface area contributed by atoms with E-state index < -0.39 is 22.1 Å². The molecule has 0 bridgehead atoms. The zero-order valence-electron chi connectivity index (χ0n) is 10.8. The minimum Gasteiger partial charge on any atom is -0.478 e. The van der Waals surface area contributed by atoms with Crippen LogP contribution < -0.4 is 4.72 Å². The zero-order valence-corrected chi connectivity index (χ0v) is 12.4. The molecule has 3 N–H and O–H groups in total. The number of benzene rings is 1. The number of sulfonamides is 1. The van der Waals surface area contributed by atoms with E-state index in [2.05, 4.69) is 4.72 Å². The van der Waals surface area contributed by atoms with Crippen LogP contribution in [0.3, 0.4) is 0 Å². The molecule has 1 aromatic rings. The number of hydrogen-bond acceptors (Lipinski definition) is 4. The Bertz CT molecular complexity index is 588. The maximum absolute atomic E-state index is 11.9. The first-order chi connectivity index (χ1) is 9.27. The second-order valence-electron chi connectivity index (χ2n) is 4.20. The van der Waals surface area contributed by atoms with E-state index in [-0.39, 0.29) is 22.0 Å². The third-order valence-electron chi connectivity index (χ3n) is 2.72. The van der Waals surface area contributed by atoms with E-state index in [1.807, 2.05) is 0 Å². The first-order valence-corrected chi connectivity index (χ1v) is 7.84. The monoisotopic (exact) mass is 321 g/mol. The number of hydrogen-bond donors (Lipinski definition) is 3. The van der Waals surface area contributed by atoms with Crippen molar-refractivity contribution in [2.45, 2.75) is 30.8 Å². The van der Waals surface area contributed by atoms with Crippen LogP contribution in [0.2, 0.25) is 5.02 Å². The maximum atomic E-state index is 11.9. The molecule has 8 heteroatoms. The topological polar surface area (TPSA) is 104 Å². The fourth-order valence-corrected chi connectivity index (χ4v) is 2.88. The van der Waals surface area contributed by atoms with Crippen molar-refractivity contribution < 1.29 is 23.4 Å². The molecule has 20 heavy (non-hydrogen) atoms. The molecule has 0 heterocycles. The van der Waals surface area contributed by atoms with Gasteiger partial charge in [0.25, 0.3) is 0 Å². The molecule has 0 radical (unpaired) electrons. The van der Waals surface area contributed by atoms with Gasteiger partial charge >= 0.3 is 5.97 Å². The Balaban J connectivity index is 2.83. The summed E-state index contributed by atoms with van der Waals surface area (Å²) in [6.45, 7) is 1.89. The summed E-state index contributed by atoms with van der Waals surface area (Å²) in [5.74, 6) is -1.22. The number of carboxylic acid groups (broad SMARTS) is 1. The summed E-state index contributed by atoms with van der Waals surface area (Å²) < 4.78 is 26.2. The molecule has 0 aliphatic heterocycles. The highest BCUT2D eigenvalue weighted by molar-refractivity contribution is 7.89. The molecule has 0 amide bonds. The van der Waals surface area contributed by atoms with Crippen molar-refractivity contribution in [2.75, 3.05) is 6.54 Å². The molecule has 0 saturated carbocycles. The van der Waals surface area contributed by atoms with Crippen molar-refractivity contribution >= 4 is 27.6 Å². The van der Waals surface area contributed by atoms with Crippen LogP contribution in [-0.2, 0) is 10.0 Å². The smallest absolute Gasteiger partial charge is 0.337 e. The van der Waals surface area contributed by atoms with Gasteiger partial charge in [0.1, 0.15) is 0 Å². The number of rotatable bonds is 7. The highest BCUT2D eigenvalue weighted by atomic mass is 35.5. The predicted molar refractivity (Wildman–Crippen MR) is 74.5 cm³/mol. The Labute approximate surface area is 122 Å². The quantitative estimate of drug-likeness (QED) is 0.705. The van der Waals surface area contributed by atoms with Crippen molar-refractivity contribution in [2.24, 2.45) is 0 Å². The molecule has 1 unspecified atom stereocenters. The molecule has 1 aromatic carbocycles. The van der Waals surface area contributed by atoms with E-state index >= 15 is 0 Å². The number of aromatic carboxylic acids is 1. The maximum Gasteiger partial charge on any atom is 0.337 e. The van der Waals surface area contributed by atoms with Gasteiger partial charge in [-0.25, -0.2) is 17.9 Å². The molecule has 0 fully saturated rings. The van der Waals surface area contributed by atoms with E-state index in [9.17, 15) is 18.3 Å². The van der Waals surface area contributed by atoms with Gasteiger partial charge in [0.15, 0.2) is 0 Å². The highest BCUT2D eigenvalue weighted by Gasteiger charge is 2.17. The third-order valence-corrected chi connectivity index (χ3v) is 4.49. The lowest BCUT2D eigenvalue weighted by Crippen LogP contribution is -2.27. The summed E-state index contributed by atoms with van der Waals surface area (Å²) in [6, 6.07) is 3.40. The number of aliphatic hydroxyl groups excluding tert-OH is 1. The zero-order chi connectivity index (χ0) is 15.3. The Morgan fingerprint density at radius 2 is 2.10 bits per heavy atom. The van der Waals surface area contributed by atoms with Crippen LogP contribution in [0.15, 0.2) is 23.1 Å². The van der Waals surface area contributed by atoms with Gasteiger partial charge in [-0.15, -0.1) is 0 Å². The third kappa shape index (κ3) is 4.45. The van der Waals surface area contributed by atoms with E-state index in [1.165, 1.54) is 6.07 Å². The van der Waals surface area contributed by atoms with Crippen molar-refractivity contribution in [3.8, 4) is 0 Å². The van der Waals surface area contributed by atoms with Gasteiger partial charge in [0, 0.05) is 6.54 Å². The molecule has 0 aromatic heterocycles. The van der Waals surface area contributed by atoms with Crippen LogP contribution >= 0.6 is 11.6 Å². The Morgan fingerprint density at radius 3 is 2.60 bits per heavy atom. The first-order valence-electron chi connectivity index (χ1n) is 5.98. The van der Waals surface area contributed by atoms with Crippen LogP contribution in [-0.4, -0.2) is 37.2 Å². The van der Waals surface area contributed by atoms with Gasteiger partial charge < -0.3 is 10.2 Å². The lowest BCUT2D eigenvalue weighted by Gasteiger charge is -2.10. The highest BCUT2D eigenvalue weighted by Crippen LogP contribution is 2.20. The summed E-state index contributed by atoms with van der Waals surface area (Å²) in [4.78, 5) is 10.7. The first kappa shape index (κ1) is 16.9. The summed E-state index contributed by atoms with van der Waals surface area (Å²) in [7, 11) is -3.77. The summed E-state index contributed by atoms with van der Waals surface area (Å²) in [5.41, 5.74) is -0.160. The summed E-state index contributed by atoms with van der Waals surface area (Å²) in [6.07, 6.45) is 0.285. The van der Waals surface area contributed by atoms with Crippen LogP contribution in [0.4, 0.5) is 0 Å². The second-order valence-corrected chi connectivity index (χ2v) is 6.37. The van der Waals surface area contributed by atoms with Gasteiger partial charge in [-0.3, -0.25) is 0 Å². The molecule has 0 aliphatic carbocycles. The Morgan fingerprint density at radius 1 is 1.45 bits per heavy atom. The lowest BCUT2D eigenvalue weighted by atomic mass is 10.2. The van der Waals surface area contributed by atoms with Gasteiger partial charge in [0.2, 0.25) is 10.0 Å². The van der Waals surface area contributed by atoms with E-state index in [0.717, 1.165) is 12.1 Å². The molecular formula is C12H16ClNO5S. The SMILES string of the molecule is CCC(O)CCNS(=O)(=O)c1ccc(C(=O)O)c(Cl)c1. The fraction of sp³-hybridized carbons (Fsp3) is 0.417. The van der Waals surface area contributed by atoms with Gasteiger partial charge in [-0.2, -0.15) is 0 Å². The second kappa shape index (κ2) is 7.03. The molecule has 6 nitrogen and oxygen atoms in total. The minimum absolute atomic E-state index is 0.0929. The van der Waals surface area contributed by atoms with Crippen molar-refractivity contribution in [3.63, 3.8) is 0 Å².